The lowest BCUT2D eigenvalue weighted by molar-refractivity contribution is -0.333. The zero-order valence-electron chi connectivity index (χ0n) is 50.7. The largest absolute Gasteiger partial charge is 0.480 e. The minimum absolute atomic E-state index is 0.0398. The van der Waals surface area contributed by atoms with Crippen molar-refractivity contribution in [2.75, 3.05) is 59.0 Å². The highest BCUT2D eigenvalue weighted by Crippen LogP contribution is 2.31. The molecule has 16 unspecified atom stereocenters. The number of nitrogens with two attached hydrogens (primary N) is 2. The van der Waals surface area contributed by atoms with Crippen LogP contribution in [0.25, 0.3) is 0 Å². The lowest BCUT2D eigenvalue weighted by Crippen LogP contribution is -2.70. The number of aliphatic hydroxyl groups is 5. The number of amides is 14. The molecule has 2 rings (SSSR count). The molecule has 40 heteroatoms. The average Bonchev–Trinajstić information content (AvgIpc) is 0.789. The maximum absolute atomic E-state index is 13.7. The molecule has 2 aliphatic rings. The second kappa shape index (κ2) is 39.7. The van der Waals surface area contributed by atoms with E-state index in [1.807, 2.05) is 5.32 Å². The van der Waals surface area contributed by atoms with Gasteiger partial charge in [0.25, 0.3) is 0 Å². The number of primary amides is 1. The summed E-state index contributed by atoms with van der Waals surface area (Å²) >= 11 is 0. The molecule has 0 saturated carbocycles. The van der Waals surface area contributed by atoms with Gasteiger partial charge >= 0.3 is 5.97 Å². The lowest BCUT2D eigenvalue weighted by Gasteiger charge is -2.48. The summed E-state index contributed by atoms with van der Waals surface area (Å²) in [6.07, 6.45) is -16.2. The summed E-state index contributed by atoms with van der Waals surface area (Å²) in [5.41, 5.74) is 10.7. The van der Waals surface area contributed by atoms with Gasteiger partial charge in [0.15, 0.2) is 12.6 Å². The molecule has 40 nitrogen and oxygen atoms in total. The molecule has 0 aromatic carbocycles. The van der Waals surface area contributed by atoms with E-state index < -0.39 is 245 Å². The topological polar surface area (TPSA) is 623 Å². The molecule has 91 heavy (non-hydrogen) atoms. The highest BCUT2D eigenvalue weighted by atomic mass is 16.7. The molecule has 0 bridgehead atoms. The quantitative estimate of drug-likeness (QED) is 0.0255. The first-order valence-electron chi connectivity index (χ1n) is 28.5. The van der Waals surface area contributed by atoms with Crippen LogP contribution >= 0.6 is 0 Å². The summed E-state index contributed by atoms with van der Waals surface area (Å²) in [7, 11) is 0. The number of aliphatic carboxylic acids is 1. The van der Waals surface area contributed by atoms with Crippen molar-refractivity contribution in [2.24, 2.45) is 11.5 Å². The van der Waals surface area contributed by atoms with Gasteiger partial charge in [0, 0.05) is 26.8 Å². The minimum atomic E-state index is -1.94. The zero-order valence-corrected chi connectivity index (χ0v) is 50.7. The monoisotopic (exact) mass is 1310 g/mol. The van der Waals surface area contributed by atoms with Gasteiger partial charge in [0.05, 0.1) is 45.9 Å². The van der Waals surface area contributed by atoms with Crippen LogP contribution in [0.5, 0.6) is 0 Å². The molecule has 0 radical (unpaired) electrons. The summed E-state index contributed by atoms with van der Waals surface area (Å²) in [5.74, 6) is -13.2. The van der Waals surface area contributed by atoms with Crippen LogP contribution in [-0.4, -0.2) is 276 Å². The van der Waals surface area contributed by atoms with E-state index in [1.165, 1.54) is 27.7 Å². The molecule has 2 heterocycles. The smallest absolute Gasteiger partial charge is 0.322 e. The fraction of sp³-hybridized carbons (Fsp3) is 0.706. The summed E-state index contributed by atoms with van der Waals surface area (Å²) in [6.45, 7) is 1.91. The lowest BCUT2D eigenvalue weighted by atomic mass is 9.94. The fourth-order valence-electron chi connectivity index (χ4n) is 8.48. The molecule has 23 N–H and O–H groups in total. The molecule has 2 aliphatic heterocycles. The number of rotatable bonds is 38. The second-order valence-electron chi connectivity index (χ2n) is 20.8. The fourth-order valence-corrected chi connectivity index (χ4v) is 8.48. The first-order valence-corrected chi connectivity index (χ1v) is 28.5. The maximum Gasteiger partial charge on any atom is 0.322 e. The SMILES string of the molecule is CC(=O)NC1C(OC2C(CO)OC(O)C(NC(C)=O)C2OC(C)C(=O)NC(C)C(=O)NC(CCC(=O)NC(CCCCNC(=O)C(C)NC(=O)CNC(=O)CNC(=O)CNC(=O)CN)C(=O)NC(C)C(=O)NCC(=O)NCC(=O)O)C(N)=O)OC(CO)C(O)C1O. The predicted molar refractivity (Wildman–Crippen MR) is 304 cm³/mol. The van der Waals surface area contributed by atoms with Gasteiger partial charge in [-0.3, -0.25) is 71.9 Å². The van der Waals surface area contributed by atoms with Crippen LogP contribution in [0.15, 0.2) is 0 Å². The van der Waals surface area contributed by atoms with Crippen molar-refractivity contribution in [2.45, 2.75) is 171 Å². The second-order valence-corrected chi connectivity index (χ2v) is 20.8. The summed E-state index contributed by atoms with van der Waals surface area (Å²) < 4.78 is 23.3. The van der Waals surface area contributed by atoms with Crippen LogP contribution in [-0.2, 0) is 90.9 Å². The van der Waals surface area contributed by atoms with Crippen molar-refractivity contribution >= 4 is 88.7 Å². The van der Waals surface area contributed by atoms with Crippen LogP contribution < -0.4 is 80.6 Å². The van der Waals surface area contributed by atoms with Gasteiger partial charge in [0.1, 0.15) is 91.6 Å². The number of hydrogen-bond donors (Lipinski definition) is 21. The molecule has 2 fully saturated rings. The molecule has 0 aromatic rings. The average molecular weight is 1310 g/mol. The Hall–Kier alpha value is -8.35. The van der Waals surface area contributed by atoms with Crippen LogP contribution in [0.3, 0.4) is 0 Å². The Kier molecular flexibility index (Phi) is 34.4. The van der Waals surface area contributed by atoms with E-state index >= 15 is 0 Å². The predicted octanol–water partition coefficient (Wildman–Crippen LogP) is -13.0. The van der Waals surface area contributed by atoms with E-state index in [9.17, 15) is 97.5 Å². The van der Waals surface area contributed by atoms with Crippen LogP contribution in [0.1, 0.15) is 73.6 Å². The highest BCUT2D eigenvalue weighted by Gasteiger charge is 2.53. The molecular weight excluding hydrogens is 1220 g/mol. The third-order valence-electron chi connectivity index (χ3n) is 13.3. The molecule has 0 aromatic heterocycles. The first kappa shape index (κ1) is 78.7. The standard InChI is InChI=1S/C51H85N15O25/c1-21(60-36(76)17-57-34(74)15-56-33(73)14-55-32(72)13-52)45(82)54-12-8-7-9-28(49(86)62-22(2)46(83)59-16-35(75)58-18-37(77)78)65-31(71)11-10-27(44(53)81)66-47(84)23(3)61-48(85)24(4)88-43-39(64-26(6)70)50(87)89-30(20-68)42(43)91-51-38(63-25(5)69)41(80)40(79)29(19-67)90-51/h21-24,27-30,38-43,50-51,67-68,79-80,87H,7-20,52H2,1-6H3,(H2,53,81)(H,54,82)(H,55,72)(H,56,73)(H,57,74)(H,58,75)(H,59,83)(H,60,76)(H,61,85)(H,62,86)(H,63,69)(H,64,70)(H,65,71)(H,66,84)(H,77,78). The number of carbonyl (C=O) groups is 15. The Balaban J connectivity index is 2.15. The molecule has 2 saturated heterocycles. The number of unbranched alkanes of at least 4 members (excludes halogenated alkanes) is 1. The third kappa shape index (κ3) is 28.2. The van der Waals surface area contributed by atoms with Gasteiger partial charge in [-0.1, -0.05) is 0 Å². The van der Waals surface area contributed by atoms with Gasteiger partial charge in [-0.25, -0.2) is 0 Å². The summed E-state index contributed by atoms with van der Waals surface area (Å²) in [4.78, 5) is 187. The molecule has 0 spiro atoms. The normalized spacial score (nSPS) is 22.9. The van der Waals surface area contributed by atoms with Gasteiger partial charge in [-0.05, 0) is 53.4 Å². The van der Waals surface area contributed by atoms with E-state index in [2.05, 4.69) is 63.8 Å². The van der Waals surface area contributed by atoms with Gasteiger partial charge in [-0.15, -0.1) is 0 Å². The van der Waals surface area contributed by atoms with Gasteiger partial charge in [0.2, 0.25) is 82.7 Å². The Morgan fingerprint density at radius 2 is 1.02 bits per heavy atom. The molecule has 14 amide bonds. The molecule has 514 valence electrons. The maximum atomic E-state index is 13.7. The number of carboxylic acid groups (broad SMARTS) is 1. The van der Waals surface area contributed by atoms with E-state index in [-0.39, 0.29) is 32.4 Å². The Labute approximate surface area is 519 Å². The van der Waals surface area contributed by atoms with E-state index in [4.69, 9.17) is 35.5 Å². The van der Waals surface area contributed by atoms with E-state index in [0.29, 0.717) is 0 Å². The highest BCUT2D eigenvalue weighted by molar-refractivity contribution is 5.95. The van der Waals surface area contributed by atoms with Crippen molar-refractivity contribution in [1.29, 1.82) is 0 Å². The number of hydrogen-bond acceptors (Lipinski definition) is 25. The van der Waals surface area contributed by atoms with Crippen molar-refractivity contribution in [1.82, 2.24) is 69.1 Å². The summed E-state index contributed by atoms with van der Waals surface area (Å²) in [6, 6.07) is -10.1. The van der Waals surface area contributed by atoms with Gasteiger partial charge < -0.3 is 130 Å². The van der Waals surface area contributed by atoms with Crippen LogP contribution in [0.4, 0.5) is 0 Å². The Bertz CT molecular complexity index is 2570. The Morgan fingerprint density at radius 3 is 1.58 bits per heavy atom. The number of aliphatic hydroxyl groups excluding tert-OH is 5. The number of carboxylic acids is 1. The first-order chi connectivity index (χ1) is 42.7. The van der Waals surface area contributed by atoms with E-state index in [0.717, 1.165) is 13.8 Å². The Morgan fingerprint density at radius 1 is 0.505 bits per heavy atom. The number of nitrogens with one attached hydrogen (secondary N) is 13. The molecule has 16 atom stereocenters. The third-order valence-corrected chi connectivity index (χ3v) is 13.3. The molecular formula is C51H85N15O25. The van der Waals surface area contributed by atoms with Crippen molar-refractivity contribution in [3.05, 3.63) is 0 Å². The number of ether oxygens (including phenoxy) is 4. The minimum Gasteiger partial charge on any atom is -0.480 e. The van der Waals surface area contributed by atoms with Crippen molar-refractivity contribution in [3.63, 3.8) is 0 Å². The molecule has 0 aliphatic carbocycles. The van der Waals surface area contributed by atoms with E-state index in [1.54, 1.807) is 0 Å². The zero-order chi connectivity index (χ0) is 68.8. The van der Waals surface area contributed by atoms with Gasteiger partial charge in [-0.2, -0.15) is 0 Å². The van der Waals surface area contributed by atoms with Crippen LogP contribution in [0, 0.1) is 0 Å². The van der Waals surface area contributed by atoms with Crippen LogP contribution in [0.2, 0.25) is 0 Å². The van der Waals surface area contributed by atoms with Crippen molar-refractivity contribution in [3.8, 4) is 0 Å². The number of carbonyl (C=O) groups excluding carboxylic acids is 14. The summed E-state index contributed by atoms with van der Waals surface area (Å²) in [5, 5.41) is 91.4. The van der Waals surface area contributed by atoms with Crippen molar-refractivity contribution < 1.29 is 122 Å².